The summed E-state index contributed by atoms with van der Waals surface area (Å²) in [5.74, 6) is 0.588. The topological polar surface area (TPSA) is 58.9 Å². The number of hydrogen-bond donors (Lipinski definition) is 1. The van der Waals surface area contributed by atoms with E-state index in [0.717, 1.165) is 22.4 Å². The number of aromatic nitrogens is 2. The first-order chi connectivity index (χ1) is 13.2. The van der Waals surface area contributed by atoms with Crippen LogP contribution in [0.15, 0.2) is 83.4 Å². The van der Waals surface area contributed by atoms with Gasteiger partial charge in [-0.05, 0) is 36.4 Å². The van der Waals surface area contributed by atoms with Crippen molar-refractivity contribution in [3.8, 4) is 22.6 Å². The molecule has 0 amide bonds. The Bertz CT molecular complexity index is 1110. The number of allylic oxidation sites excluding steroid dienone is 1. The molecule has 0 aliphatic carbocycles. The van der Waals surface area contributed by atoms with E-state index in [0.29, 0.717) is 10.8 Å². The van der Waals surface area contributed by atoms with Gasteiger partial charge in [-0.1, -0.05) is 54.1 Å². The third-order valence-electron chi connectivity index (χ3n) is 4.13. The smallest absolute Gasteiger partial charge is 0.221 e. The summed E-state index contributed by atoms with van der Waals surface area (Å²) in [6.45, 7) is 0. The molecule has 2 aromatic heterocycles. The minimum absolute atomic E-state index is 0.228. The largest absolute Gasteiger partial charge is 0.453 e. The Kier molecular flexibility index (Phi) is 4.73. The van der Waals surface area contributed by atoms with Crippen LogP contribution in [0, 0.1) is 0 Å². The van der Waals surface area contributed by atoms with Gasteiger partial charge >= 0.3 is 0 Å². The first-order valence-electron chi connectivity index (χ1n) is 8.38. The predicted molar refractivity (Wildman–Crippen MR) is 107 cm³/mol. The second-order valence-electron chi connectivity index (χ2n) is 5.91. The second-order valence-corrected chi connectivity index (χ2v) is 6.31. The maximum atomic E-state index is 12.5. The average Bonchev–Trinajstić information content (AvgIpc) is 3.37. The van der Waals surface area contributed by atoms with Crippen molar-refractivity contribution < 1.29 is 9.21 Å². The van der Waals surface area contributed by atoms with Crippen molar-refractivity contribution >= 4 is 23.5 Å². The first-order valence-corrected chi connectivity index (χ1v) is 8.76. The molecule has 4 rings (SSSR count). The maximum absolute atomic E-state index is 12.5. The summed E-state index contributed by atoms with van der Waals surface area (Å²) in [4.78, 5) is 12.5. The molecule has 0 atom stereocenters. The molecule has 0 fully saturated rings. The molecule has 2 aromatic carbocycles. The van der Waals surface area contributed by atoms with Crippen LogP contribution in [0.4, 0.5) is 0 Å². The molecule has 0 radical (unpaired) electrons. The maximum Gasteiger partial charge on any atom is 0.221 e. The average molecular weight is 375 g/mol. The van der Waals surface area contributed by atoms with E-state index in [1.807, 2.05) is 48.5 Å². The zero-order valence-corrected chi connectivity index (χ0v) is 15.0. The fraction of sp³-hybridized carbons (Fsp3) is 0. The number of furan rings is 1. The van der Waals surface area contributed by atoms with E-state index in [1.54, 1.807) is 30.5 Å². The molecule has 4 aromatic rings. The molecule has 1 N–H and O–H groups in total. The van der Waals surface area contributed by atoms with Crippen LogP contribution in [-0.2, 0) is 0 Å². The number of hydrogen-bond acceptors (Lipinski definition) is 3. The van der Waals surface area contributed by atoms with Gasteiger partial charge in [0.25, 0.3) is 0 Å². The summed E-state index contributed by atoms with van der Waals surface area (Å²) in [7, 11) is 0. The Labute approximate surface area is 161 Å². The standard InChI is InChI=1S/C22H15ClN2O2/c23-18-9-5-4-8-17(18)20-12-13-21(27-20)19(26)11-10-16-14-24-25-22(16)15-6-2-1-3-7-15/h1-14H,(H,24,25)/b11-10+. The van der Waals surface area contributed by atoms with Crippen LogP contribution in [0.1, 0.15) is 16.1 Å². The Morgan fingerprint density at radius 3 is 2.59 bits per heavy atom. The molecule has 0 unspecified atom stereocenters. The molecule has 4 nitrogen and oxygen atoms in total. The van der Waals surface area contributed by atoms with Gasteiger partial charge in [0.1, 0.15) is 5.76 Å². The van der Waals surface area contributed by atoms with Crippen molar-refractivity contribution in [1.29, 1.82) is 0 Å². The summed E-state index contributed by atoms with van der Waals surface area (Å²) in [5.41, 5.74) is 3.44. The number of halogens is 1. The molecule has 0 bridgehead atoms. The Morgan fingerprint density at radius 2 is 1.78 bits per heavy atom. The van der Waals surface area contributed by atoms with Crippen molar-refractivity contribution in [2.24, 2.45) is 0 Å². The van der Waals surface area contributed by atoms with Gasteiger partial charge in [-0.15, -0.1) is 0 Å². The van der Waals surface area contributed by atoms with Crippen LogP contribution < -0.4 is 0 Å². The van der Waals surface area contributed by atoms with Gasteiger partial charge in [-0.2, -0.15) is 5.10 Å². The quantitative estimate of drug-likeness (QED) is 0.350. The van der Waals surface area contributed by atoms with E-state index in [4.69, 9.17) is 16.0 Å². The Hall–Kier alpha value is -3.37. The molecular weight excluding hydrogens is 360 g/mol. The van der Waals surface area contributed by atoms with Crippen molar-refractivity contribution in [3.63, 3.8) is 0 Å². The molecule has 0 saturated carbocycles. The lowest BCUT2D eigenvalue weighted by molar-refractivity contribution is 0.102. The molecule has 27 heavy (non-hydrogen) atoms. The summed E-state index contributed by atoms with van der Waals surface area (Å²) < 4.78 is 5.69. The molecule has 0 aliphatic heterocycles. The lowest BCUT2D eigenvalue weighted by Gasteiger charge is -1.99. The van der Waals surface area contributed by atoms with Crippen LogP contribution in [0.2, 0.25) is 5.02 Å². The van der Waals surface area contributed by atoms with Gasteiger partial charge in [-0.3, -0.25) is 9.89 Å². The van der Waals surface area contributed by atoms with Crippen LogP contribution in [0.3, 0.4) is 0 Å². The highest BCUT2D eigenvalue weighted by molar-refractivity contribution is 6.33. The highest BCUT2D eigenvalue weighted by atomic mass is 35.5. The molecule has 0 aliphatic rings. The first kappa shape index (κ1) is 17.1. The van der Waals surface area contributed by atoms with Crippen LogP contribution >= 0.6 is 11.6 Å². The van der Waals surface area contributed by atoms with Gasteiger partial charge in [0.05, 0.1) is 16.9 Å². The number of carbonyl (C=O) groups is 1. The van der Waals surface area contributed by atoms with Crippen molar-refractivity contribution in [2.75, 3.05) is 0 Å². The minimum atomic E-state index is -0.228. The van der Waals surface area contributed by atoms with Gasteiger partial charge in [0.2, 0.25) is 5.78 Å². The summed E-state index contributed by atoms with van der Waals surface area (Å²) in [6, 6.07) is 20.6. The van der Waals surface area contributed by atoms with E-state index in [2.05, 4.69) is 10.2 Å². The zero-order chi connectivity index (χ0) is 18.6. The van der Waals surface area contributed by atoms with E-state index in [-0.39, 0.29) is 11.5 Å². The molecular formula is C22H15ClN2O2. The van der Waals surface area contributed by atoms with E-state index in [9.17, 15) is 4.79 Å². The molecule has 0 spiro atoms. The number of nitrogens with one attached hydrogen (secondary N) is 1. The van der Waals surface area contributed by atoms with Crippen LogP contribution in [0.25, 0.3) is 28.7 Å². The normalized spacial score (nSPS) is 11.1. The summed E-state index contributed by atoms with van der Waals surface area (Å²) in [5, 5.41) is 7.62. The van der Waals surface area contributed by atoms with Crippen molar-refractivity contribution in [2.45, 2.75) is 0 Å². The number of nitrogens with zero attached hydrogens (tertiary/aromatic N) is 1. The molecule has 0 saturated heterocycles. The second kappa shape index (κ2) is 7.48. The number of H-pyrrole nitrogens is 1. The lowest BCUT2D eigenvalue weighted by atomic mass is 10.1. The highest BCUT2D eigenvalue weighted by Crippen LogP contribution is 2.29. The highest BCUT2D eigenvalue weighted by Gasteiger charge is 2.12. The van der Waals surface area contributed by atoms with E-state index >= 15 is 0 Å². The number of ketones is 1. The van der Waals surface area contributed by atoms with Crippen LogP contribution in [0.5, 0.6) is 0 Å². The Morgan fingerprint density at radius 1 is 1.00 bits per heavy atom. The van der Waals surface area contributed by atoms with Crippen LogP contribution in [-0.4, -0.2) is 16.0 Å². The fourth-order valence-electron chi connectivity index (χ4n) is 2.78. The number of aromatic amines is 1. The fourth-order valence-corrected chi connectivity index (χ4v) is 3.01. The number of carbonyl (C=O) groups excluding carboxylic acids is 1. The monoisotopic (exact) mass is 374 g/mol. The molecule has 5 heteroatoms. The Balaban J connectivity index is 1.56. The number of benzene rings is 2. The van der Waals surface area contributed by atoms with Crippen molar-refractivity contribution in [3.05, 3.63) is 95.3 Å². The third kappa shape index (κ3) is 3.61. The minimum Gasteiger partial charge on any atom is -0.453 e. The zero-order valence-electron chi connectivity index (χ0n) is 14.2. The lowest BCUT2D eigenvalue weighted by Crippen LogP contribution is -1.90. The molecule has 2 heterocycles. The van der Waals surface area contributed by atoms with E-state index < -0.39 is 0 Å². The molecule has 132 valence electrons. The van der Waals surface area contributed by atoms with E-state index in [1.165, 1.54) is 6.08 Å². The van der Waals surface area contributed by atoms with Gasteiger partial charge in [0, 0.05) is 16.7 Å². The van der Waals surface area contributed by atoms with Gasteiger partial charge < -0.3 is 4.42 Å². The van der Waals surface area contributed by atoms with Crippen molar-refractivity contribution in [1.82, 2.24) is 10.2 Å². The SMILES string of the molecule is O=C(/C=C/c1cn[nH]c1-c1ccccc1)c1ccc(-c2ccccc2Cl)o1. The summed E-state index contributed by atoms with van der Waals surface area (Å²) >= 11 is 6.18. The predicted octanol–water partition coefficient (Wildman–Crippen LogP) is 5.89. The summed E-state index contributed by atoms with van der Waals surface area (Å²) in [6.07, 6.45) is 4.89. The number of rotatable bonds is 5. The third-order valence-corrected chi connectivity index (χ3v) is 4.46. The van der Waals surface area contributed by atoms with Gasteiger partial charge in [0.15, 0.2) is 5.76 Å². The van der Waals surface area contributed by atoms with Gasteiger partial charge in [-0.25, -0.2) is 0 Å².